The van der Waals surface area contributed by atoms with Crippen molar-refractivity contribution >= 4 is 10.8 Å². The molecule has 0 aromatic carbocycles. The Morgan fingerprint density at radius 3 is 2.80 bits per heavy atom. The van der Waals surface area contributed by atoms with E-state index in [9.17, 15) is 4.21 Å². The highest BCUT2D eigenvalue weighted by Gasteiger charge is 2.08. The van der Waals surface area contributed by atoms with E-state index in [0.717, 1.165) is 18.5 Å². The molecule has 0 radical (unpaired) electrons. The number of rotatable bonds is 6. The van der Waals surface area contributed by atoms with Crippen molar-refractivity contribution in [3.05, 3.63) is 24.2 Å². The second-order valence-electron chi connectivity index (χ2n) is 3.83. The lowest BCUT2D eigenvalue weighted by molar-refractivity contribution is 0.531. The molecular formula is C11H19NO2S. The number of hydrogen-bond donors (Lipinski definition) is 1. The maximum atomic E-state index is 11.1. The molecule has 0 aliphatic carbocycles. The maximum Gasteiger partial charge on any atom is 0.0950 e. The lowest BCUT2D eigenvalue weighted by Gasteiger charge is -2.13. The highest BCUT2D eigenvalue weighted by atomic mass is 32.2. The van der Waals surface area contributed by atoms with Gasteiger partial charge in [0.1, 0.15) is 0 Å². The van der Waals surface area contributed by atoms with Gasteiger partial charge in [-0.05, 0) is 26.0 Å². The summed E-state index contributed by atoms with van der Waals surface area (Å²) in [6.45, 7) is 4.99. The van der Waals surface area contributed by atoms with Gasteiger partial charge in [-0.1, -0.05) is 6.92 Å². The first-order valence-corrected chi connectivity index (χ1v) is 6.81. The molecule has 0 bridgehead atoms. The summed E-state index contributed by atoms with van der Waals surface area (Å²) in [5.74, 6) is 0. The third-order valence-corrected chi connectivity index (χ3v) is 3.98. The zero-order valence-electron chi connectivity index (χ0n) is 9.53. The monoisotopic (exact) mass is 229 g/mol. The van der Waals surface area contributed by atoms with E-state index in [1.165, 1.54) is 0 Å². The summed E-state index contributed by atoms with van der Waals surface area (Å²) in [6, 6.07) is 2.25. The maximum absolute atomic E-state index is 11.1. The third kappa shape index (κ3) is 4.18. The molecule has 1 heterocycles. The van der Waals surface area contributed by atoms with Crippen LogP contribution in [0, 0.1) is 0 Å². The van der Waals surface area contributed by atoms with Gasteiger partial charge in [-0.15, -0.1) is 0 Å². The van der Waals surface area contributed by atoms with Crippen molar-refractivity contribution in [1.29, 1.82) is 0 Å². The summed E-state index contributed by atoms with van der Waals surface area (Å²) in [6.07, 6.45) is 6.12. The van der Waals surface area contributed by atoms with Crippen LogP contribution in [0.4, 0.5) is 0 Å². The normalized spacial score (nSPS) is 17.3. The Hall–Kier alpha value is -0.610. The minimum atomic E-state index is -0.720. The Morgan fingerprint density at radius 2 is 2.27 bits per heavy atom. The summed E-state index contributed by atoms with van der Waals surface area (Å²) in [5.41, 5.74) is 1.15. The average Bonchev–Trinajstić information content (AvgIpc) is 2.70. The Morgan fingerprint density at radius 1 is 1.53 bits per heavy atom. The summed E-state index contributed by atoms with van der Waals surface area (Å²) >= 11 is 0. The van der Waals surface area contributed by atoms with Crippen molar-refractivity contribution in [3.63, 3.8) is 0 Å². The van der Waals surface area contributed by atoms with Crippen LogP contribution in [0.3, 0.4) is 0 Å². The molecule has 0 aliphatic heterocycles. The van der Waals surface area contributed by atoms with E-state index in [0.29, 0.717) is 6.04 Å². The standard InChI is InChI=1S/C11H19NO2S/c1-9(15(3)13)4-6-12-10(2)11-5-7-14-8-11/h5,7-10,12H,4,6H2,1-3H3. The van der Waals surface area contributed by atoms with Crippen molar-refractivity contribution in [1.82, 2.24) is 5.32 Å². The van der Waals surface area contributed by atoms with Crippen LogP contribution in [-0.4, -0.2) is 22.3 Å². The fourth-order valence-corrected chi connectivity index (χ4v) is 1.76. The topological polar surface area (TPSA) is 42.2 Å². The highest BCUT2D eigenvalue weighted by molar-refractivity contribution is 7.84. The second-order valence-corrected chi connectivity index (χ2v) is 5.63. The fourth-order valence-electron chi connectivity index (χ4n) is 1.31. The molecule has 0 saturated carbocycles. The van der Waals surface area contributed by atoms with Gasteiger partial charge in [-0.25, -0.2) is 0 Å². The summed E-state index contributed by atoms with van der Waals surface area (Å²) in [5, 5.41) is 3.63. The molecule has 0 amide bonds. The van der Waals surface area contributed by atoms with Crippen LogP contribution >= 0.6 is 0 Å². The van der Waals surface area contributed by atoms with Crippen LogP contribution in [0.5, 0.6) is 0 Å². The van der Waals surface area contributed by atoms with Crippen LogP contribution < -0.4 is 5.32 Å². The zero-order chi connectivity index (χ0) is 11.3. The SMILES string of the molecule is CC(NCCC(C)S(C)=O)c1ccoc1. The van der Waals surface area contributed by atoms with Gasteiger partial charge in [-0.3, -0.25) is 4.21 Å². The molecule has 4 heteroatoms. The van der Waals surface area contributed by atoms with Gasteiger partial charge >= 0.3 is 0 Å². The van der Waals surface area contributed by atoms with Gasteiger partial charge in [0.2, 0.25) is 0 Å². The number of furan rings is 1. The Labute approximate surface area is 93.7 Å². The Bertz CT molecular complexity index is 298. The Kier molecular flexibility index (Phi) is 5.05. The van der Waals surface area contributed by atoms with Gasteiger partial charge in [0, 0.05) is 33.9 Å². The molecule has 0 aliphatic rings. The van der Waals surface area contributed by atoms with Gasteiger partial charge in [0.25, 0.3) is 0 Å². The number of nitrogens with one attached hydrogen (secondary N) is 1. The van der Waals surface area contributed by atoms with E-state index in [4.69, 9.17) is 4.42 Å². The van der Waals surface area contributed by atoms with Gasteiger partial charge in [-0.2, -0.15) is 0 Å². The van der Waals surface area contributed by atoms with E-state index in [1.807, 2.05) is 13.0 Å². The highest BCUT2D eigenvalue weighted by Crippen LogP contribution is 2.12. The molecule has 0 spiro atoms. The van der Waals surface area contributed by atoms with E-state index < -0.39 is 10.8 Å². The minimum absolute atomic E-state index is 0.258. The minimum Gasteiger partial charge on any atom is -0.472 e. The zero-order valence-corrected chi connectivity index (χ0v) is 10.3. The molecule has 1 N–H and O–H groups in total. The van der Waals surface area contributed by atoms with E-state index in [1.54, 1.807) is 18.8 Å². The fraction of sp³-hybridized carbons (Fsp3) is 0.636. The molecule has 0 fully saturated rings. The third-order valence-electron chi connectivity index (χ3n) is 2.61. The van der Waals surface area contributed by atoms with Crippen LogP contribution in [0.25, 0.3) is 0 Å². The molecule has 86 valence electrons. The lowest BCUT2D eigenvalue weighted by Crippen LogP contribution is -2.23. The molecule has 15 heavy (non-hydrogen) atoms. The van der Waals surface area contributed by atoms with E-state index >= 15 is 0 Å². The van der Waals surface area contributed by atoms with Crippen LogP contribution in [0.1, 0.15) is 31.9 Å². The molecule has 1 aromatic rings. The van der Waals surface area contributed by atoms with Crippen molar-refractivity contribution < 1.29 is 8.63 Å². The first kappa shape index (κ1) is 12.5. The quantitative estimate of drug-likeness (QED) is 0.812. The predicted octanol–water partition coefficient (Wildman–Crippen LogP) is 2.09. The van der Waals surface area contributed by atoms with Crippen LogP contribution in [-0.2, 0) is 10.8 Å². The summed E-state index contributed by atoms with van der Waals surface area (Å²) < 4.78 is 16.1. The first-order valence-electron chi connectivity index (χ1n) is 5.19. The lowest BCUT2D eigenvalue weighted by atomic mass is 10.2. The van der Waals surface area contributed by atoms with E-state index in [2.05, 4.69) is 12.2 Å². The molecule has 3 atom stereocenters. The molecule has 1 rings (SSSR count). The van der Waals surface area contributed by atoms with Gasteiger partial charge in [0.15, 0.2) is 0 Å². The molecule has 3 unspecified atom stereocenters. The average molecular weight is 229 g/mol. The smallest absolute Gasteiger partial charge is 0.0950 e. The molecule has 1 aromatic heterocycles. The molecular weight excluding hydrogens is 210 g/mol. The van der Waals surface area contributed by atoms with Crippen molar-refractivity contribution in [2.45, 2.75) is 31.6 Å². The Balaban J connectivity index is 2.23. The first-order chi connectivity index (χ1) is 7.11. The molecule has 0 saturated heterocycles. The van der Waals surface area contributed by atoms with Crippen molar-refractivity contribution in [2.75, 3.05) is 12.8 Å². The summed E-state index contributed by atoms with van der Waals surface area (Å²) in [4.78, 5) is 0. The van der Waals surface area contributed by atoms with Crippen LogP contribution in [0.15, 0.2) is 23.0 Å². The number of hydrogen-bond acceptors (Lipinski definition) is 3. The van der Waals surface area contributed by atoms with Crippen molar-refractivity contribution in [3.8, 4) is 0 Å². The molecule has 3 nitrogen and oxygen atoms in total. The summed E-state index contributed by atoms with van der Waals surface area (Å²) in [7, 11) is -0.720. The van der Waals surface area contributed by atoms with Crippen LogP contribution in [0.2, 0.25) is 0 Å². The van der Waals surface area contributed by atoms with E-state index in [-0.39, 0.29) is 5.25 Å². The predicted molar refractivity (Wildman–Crippen MR) is 63.3 cm³/mol. The largest absolute Gasteiger partial charge is 0.472 e. The van der Waals surface area contributed by atoms with Gasteiger partial charge < -0.3 is 9.73 Å². The van der Waals surface area contributed by atoms with Gasteiger partial charge in [0.05, 0.1) is 12.5 Å². The second kappa shape index (κ2) is 6.08. The van der Waals surface area contributed by atoms with Crippen molar-refractivity contribution in [2.24, 2.45) is 0 Å².